The van der Waals surface area contributed by atoms with Crippen LogP contribution in [0.25, 0.3) is 6.08 Å². The summed E-state index contributed by atoms with van der Waals surface area (Å²) in [4.78, 5) is 12.6. The van der Waals surface area contributed by atoms with E-state index >= 15 is 0 Å². The molecule has 28 heavy (non-hydrogen) atoms. The minimum atomic E-state index is -0.420. The van der Waals surface area contributed by atoms with E-state index in [-0.39, 0.29) is 17.7 Å². The lowest BCUT2D eigenvalue weighted by Gasteiger charge is -2.14. The standard InChI is InChI=1S/C23H24N2O3/c1-4-27-21-12-18-10-15(2)28-22(18)13-19(21)11-20(14-24)23(26)25-16(3)17-8-6-5-7-9-17/h5-9,11-13,15-16H,4,10H2,1-3H3,(H,25,26)/b20-11+/t15-,16-/m0/s1. The molecule has 0 radical (unpaired) electrons. The molecule has 3 rings (SSSR count). The van der Waals surface area contributed by atoms with Crippen LogP contribution in [0, 0.1) is 11.3 Å². The highest BCUT2D eigenvalue weighted by Gasteiger charge is 2.22. The molecule has 2 aromatic carbocycles. The Morgan fingerprint density at radius 1 is 1.39 bits per heavy atom. The molecule has 0 fully saturated rings. The lowest BCUT2D eigenvalue weighted by molar-refractivity contribution is -0.117. The Labute approximate surface area is 165 Å². The maximum Gasteiger partial charge on any atom is 0.262 e. The highest BCUT2D eigenvalue weighted by molar-refractivity contribution is 6.02. The third-order valence-corrected chi connectivity index (χ3v) is 4.64. The number of fused-ring (bicyclic) bond motifs is 1. The average Bonchev–Trinajstić information content (AvgIpc) is 3.05. The van der Waals surface area contributed by atoms with Crippen molar-refractivity contribution in [2.75, 3.05) is 6.61 Å². The summed E-state index contributed by atoms with van der Waals surface area (Å²) in [5.74, 6) is 1.00. The van der Waals surface area contributed by atoms with Crippen molar-refractivity contribution in [1.29, 1.82) is 5.26 Å². The number of nitrogens with zero attached hydrogens (tertiary/aromatic N) is 1. The first-order valence-corrected chi connectivity index (χ1v) is 9.45. The van der Waals surface area contributed by atoms with Crippen LogP contribution in [0.2, 0.25) is 0 Å². The van der Waals surface area contributed by atoms with Crippen molar-refractivity contribution in [3.8, 4) is 17.6 Å². The summed E-state index contributed by atoms with van der Waals surface area (Å²) in [6, 6.07) is 15.2. The molecule has 144 valence electrons. The van der Waals surface area contributed by atoms with Crippen LogP contribution >= 0.6 is 0 Å². The van der Waals surface area contributed by atoms with Gasteiger partial charge in [-0.1, -0.05) is 30.3 Å². The highest BCUT2D eigenvalue weighted by Crippen LogP contribution is 2.36. The van der Waals surface area contributed by atoms with Crippen molar-refractivity contribution >= 4 is 12.0 Å². The molecule has 0 saturated carbocycles. The Balaban J connectivity index is 1.87. The molecule has 2 atom stereocenters. The van der Waals surface area contributed by atoms with E-state index in [1.807, 2.05) is 69.3 Å². The molecule has 1 heterocycles. The third-order valence-electron chi connectivity index (χ3n) is 4.64. The number of carbonyl (C=O) groups excluding carboxylic acids is 1. The zero-order valence-corrected chi connectivity index (χ0v) is 16.4. The maximum atomic E-state index is 12.6. The van der Waals surface area contributed by atoms with E-state index in [1.165, 1.54) is 0 Å². The van der Waals surface area contributed by atoms with Crippen LogP contribution in [0.3, 0.4) is 0 Å². The fourth-order valence-electron chi connectivity index (χ4n) is 3.25. The minimum absolute atomic E-state index is 0.0229. The molecule has 5 nitrogen and oxygen atoms in total. The molecule has 1 aliphatic heterocycles. The third kappa shape index (κ3) is 4.34. The van der Waals surface area contributed by atoms with Gasteiger partial charge in [0.1, 0.15) is 29.2 Å². The second-order valence-corrected chi connectivity index (χ2v) is 6.84. The average molecular weight is 376 g/mol. The topological polar surface area (TPSA) is 71.3 Å². The van der Waals surface area contributed by atoms with Crippen LogP contribution in [0.5, 0.6) is 11.5 Å². The number of nitrogens with one attached hydrogen (secondary N) is 1. The van der Waals surface area contributed by atoms with Gasteiger partial charge in [0.05, 0.1) is 12.6 Å². The van der Waals surface area contributed by atoms with E-state index in [1.54, 1.807) is 6.08 Å². The second-order valence-electron chi connectivity index (χ2n) is 6.84. The molecule has 1 N–H and O–H groups in total. The van der Waals surface area contributed by atoms with E-state index in [0.717, 1.165) is 23.3 Å². The number of ether oxygens (including phenoxy) is 2. The van der Waals surface area contributed by atoms with Crippen LogP contribution in [0.15, 0.2) is 48.0 Å². The maximum absolute atomic E-state index is 12.6. The first kappa shape index (κ1) is 19.5. The van der Waals surface area contributed by atoms with E-state index in [4.69, 9.17) is 9.47 Å². The summed E-state index contributed by atoms with van der Waals surface area (Å²) in [5, 5.41) is 12.4. The number of hydrogen-bond acceptors (Lipinski definition) is 4. The van der Waals surface area contributed by atoms with Gasteiger partial charge < -0.3 is 14.8 Å². The Bertz CT molecular complexity index is 929. The molecule has 0 aliphatic carbocycles. The minimum Gasteiger partial charge on any atom is -0.493 e. The molecule has 1 amide bonds. The smallest absolute Gasteiger partial charge is 0.262 e. The van der Waals surface area contributed by atoms with Crippen LogP contribution in [0.1, 0.15) is 43.5 Å². The zero-order valence-electron chi connectivity index (χ0n) is 16.4. The molecule has 0 unspecified atom stereocenters. The summed E-state index contributed by atoms with van der Waals surface area (Å²) in [6.45, 7) is 6.29. The molecular formula is C23H24N2O3. The summed E-state index contributed by atoms with van der Waals surface area (Å²) < 4.78 is 11.5. The summed E-state index contributed by atoms with van der Waals surface area (Å²) in [6.07, 6.45) is 2.48. The Kier molecular flexibility index (Phi) is 6.00. The number of rotatable bonds is 6. The van der Waals surface area contributed by atoms with Gasteiger partial charge in [0.2, 0.25) is 0 Å². The predicted molar refractivity (Wildman–Crippen MR) is 108 cm³/mol. The van der Waals surface area contributed by atoms with Gasteiger partial charge in [-0.25, -0.2) is 0 Å². The van der Waals surface area contributed by atoms with Crippen molar-refractivity contribution in [3.05, 3.63) is 64.7 Å². The van der Waals surface area contributed by atoms with Gasteiger partial charge >= 0.3 is 0 Å². The lowest BCUT2D eigenvalue weighted by Crippen LogP contribution is -2.27. The first-order valence-electron chi connectivity index (χ1n) is 9.45. The van der Waals surface area contributed by atoms with E-state index in [0.29, 0.717) is 17.9 Å². The number of nitriles is 1. The summed E-state index contributed by atoms with van der Waals surface area (Å²) in [5.41, 5.74) is 2.74. The van der Waals surface area contributed by atoms with Crippen molar-refractivity contribution in [1.82, 2.24) is 5.32 Å². The van der Waals surface area contributed by atoms with Crippen molar-refractivity contribution in [2.45, 2.75) is 39.3 Å². The normalized spacial score (nSPS) is 16.5. The molecule has 0 spiro atoms. The van der Waals surface area contributed by atoms with Gasteiger partial charge in [-0.2, -0.15) is 5.26 Å². The van der Waals surface area contributed by atoms with Gasteiger partial charge in [-0.15, -0.1) is 0 Å². The molecule has 1 aliphatic rings. The SMILES string of the molecule is CCOc1cc2c(cc1/C=C(\C#N)C(=O)N[C@@H](C)c1ccccc1)O[C@@H](C)C2. The van der Waals surface area contributed by atoms with Crippen LogP contribution in [0.4, 0.5) is 0 Å². The van der Waals surface area contributed by atoms with Crippen LogP contribution in [-0.2, 0) is 11.2 Å². The summed E-state index contributed by atoms with van der Waals surface area (Å²) >= 11 is 0. The lowest BCUT2D eigenvalue weighted by atomic mass is 10.0. The molecule has 0 bridgehead atoms. The fraction of sp³-hybridized carbons (Fsp3) is 0.304. The monoisotopic (exact) mass is 376 g/mol. The van der Waals surface area contributed by atoms with Gasteiger partial charge in [-0.05, 0) is 44.5 Å². The number of hydrogen-bond donors (Lipinski definition) is 1. The summed E-state index contributed by atoms with van der Waals surface area (Å²) in [7, 11) is 0. The predicted octanol–water partition coefficient (Wildman–Crippen LogP) is 4.19. The van der Waals surface area contributed by atoms with Crippen LogP contribution in [-0.4, -0.2) is 18.6 Å². The number of benzene rings is 2. The number of carbonyl (C=O) groups is 1. The van der Waals surface area contributed by atoms with E-state index < -0.39 is 5.91 Å². The van der Waals surface area contributed by atoms with Gasteiger partial charge in [0.25, 0.3) is 5.91 Å². The zero-order chi connectivity index (χ0) is 20.1. The highest BCUT2D eigenvalue weighted by atomic mass is 16.5. The van der Waals surface area contributed by atoms with Gasteiger partial charge in [0, 0.05) is 17.5 Å². The van der Waals surface area contributed by atoms with Crippen molar-refractivity contribution < 1.29 is 14.3 Å². The molecule has 0 aromatic heterocycles. The molecule has 0 saturated heterocycles. The van der Waals surface area contributed by atoms with E-state index in [9.17, 15) is 10.1 Å². The Hall–Kier alpha value is -3.26. The fourth-order valence-corrected chi connectivity index (χ4v) is 3.25. The molecular weight excluding hydrogens is 352 g/mol. The van der Waals surface area contributed by atoms with Gasteiger partial charge in [0.15, 0.2) is 0 Å². The van der Waals surface area contributed by atoms with Crippen molar-refractivity contribution in [2.24, 2.45) is 0 Å². The second kappa shape index (κ2) is 8.62. The Morgan fingerprint density at radius 3 is 2.82 bits per heavy atom. The quantitative estimate of drug-likeness (QED) is 0.606. The molecule has 2 aromatic rings. The first-order chi connectivity index (χ1) is 13.5. The van der Waals surface area contributed by atoms with E-state index in [2.05, 4.69) is 5.32 Å². The van der Waals surface area contributed by atoms with Crippen molar-refractivity contribution in [3.63, 3.8) is 0 Å². The van der Waals surface area contributed by atoms with Crippen LogP contribution < -0.4 is 14.8 Å². The Morgan fingerprint density at radius 2 is 2.14 bits per heavy atom. The molecule has 5 heteroatoms. The largest absolute Gasteiger partial charge is 0.493 e. The van der Waals surface area contributed by atoms with Gasteiger partial charge in [-0.3, -0.25) is 4.79 Å². The number of amides is 1.